The molecule has 10 heteroatoms. The van der Waals surface area contributed by atoms with Crippen LogP contribution in [0.25, 0.3) is 10.8 Å². The summed E-state index contributed by atoms with van der Waals surface area (Å²) in [5.74, 6) is -5.81. The Kier molecular flexibility index (Phi) is 5.85. The van der Waals surface area contributed by atoms with E-state index in [1.807, 2.05) is 0 Å². The number of aryl methyl sites for hydroxylation is 2. The minimum Gasteiger partial charge on any atom is -0.508 e. The van der Waals surface area contributed by atoms with Crippen LogP contribution in [0.3, 0.4) is 0 Å². The number of aliphatic hydroxyl groups is 2. The number of hydrogen-bond acceptors (Lipinski definition) is 9. The number of Topliss-reactive ketones (excluding diaryl/α,β-unsaturated/α-hetero) is 2. The van der Waals surface area contributed by atoms with Gasteiger partial charge in [0, 0.05) is 5.92 Å². The van der Waals surface area contributed by atoms with Gasteiger partial charge in [-0.05, 0) is 73.5 Å². The van der Waals surface area contributed by atoms with Crippen molar-refractivity contribution in [2.45, 2.75) is 38.8 Å². The minimum atomic E-state index is -2.64. The van der Waals surface area contributed by atoms with Crippen molar-refractivity contribution in [1.82, 2.24) is 0 Å². The van der Waals surface area contributed by atoms with Crippen LogP contribution in [0.15, 0.2) is 52.7 Å². The lowest BCUT2D eigenvalue weighted by Crippen LogP contribution is -2.63. The van der Waals surface area contributed by atoms with Gasteiger partial charge in [-0.2, -0.15) is 0 Å². The van der Waals surface area contributed by atoms with Crippen molar-refractivity contribution in [3.63, 3.8) is 0 Å². The molecule has 39 heavy (non-hydrogen) atoms. The Morgan fingerprint density at radius 3 is 2.28 bits per heavy atom. The third-order valence-corrected chi connectivity index (χ3v) is 7.90. The molecule has 7 N–H and O–H groups in total. The molecule has 0 fully saturated rings. The number of aliphatic imine (C=N–C) groups is 1. The lowest BCUT2D eigenvalue weighted by atomic mass is 9.61. The number of nitrogens with two attached hydrogens (primary N) is 1. The predicted octanol–water partition coefficient (Wildman–Crippen LogP) is 3.17. The highest BCUT2D eigenvalue weighted by molar-refractivity contribution is 6.27. The molecule has 0 amide bonds. The van der Waals surface area contributed by atoms with E-state index < -0.39 is 52.2 Å². The van der Waals surface area contributed by atoms with Crippen LogP contribution in [-0.2, 0) is 11.2 Å². The van der Waals surface area contributed by atoms with E-state index in [1.54, 1.807) is 26.0 Å². The van der Waals surface area contributed by atoms with Crippen molar-refractivity contribution >= 4 is 39.7 Å². The van der Waals surface area contributed by atoms with Gasteiger partial charge < -0.3 is 31.3 Å². The van der Waals surface area contributed by atoms with Gasteiger partial charge in [0.1, 0.15) is 17.3 Å². The molecule has 0 saturated carbocycles. The van der Waals surface area contributed by atoms with Crippen molar-refractivity contribution in [1.29, 1.82) is 0 Å². The molecule has 0 heterocycles. The summed E-state index contributed by atoms with van der Waals surface area (Å²) in [7, 11) is 0. The van der Waals surface area contributed by atoms with Gasteiger partial charge in [-0.3, -0.25) is 14.6 Å². The molecule has 0 aliphatic heterocycles. The molecule has 0 spiro atoms. The van der Waals surface area contributed by atoms with E-state index in [-0.39, 0.29) is 40.1 Å². The molecule has 3 atom stereocenters. The number of aliphatic hydroxyl groups excluding tert-OH is 1. The zero-order valence-electron chi connectivity index (χ0n) is 21.3. The number of carboxylic acids is 1. The molecule has 10 nitrogen and oxygen atoms in total. The van der Waals surface area contributed by atoms with Gasteiger partial charge in [0.05, 0.1) is 39.5 Å². The number of carbonyl (C=O) groups excluding carboxylic acids is 2. The monoisotopic (exact) mass is 530 g/mol. The van der Waals surface area contributed by atoms with Gasteiger partial charge in [0.2, 0.25) is 5.78 Å². The van der Waals surface area contributed by atoms with Gasteiger partial charge in [0.15, 0.2) is 11.4 Å². The van der Waals surface area contributed by atoms with Gasteiger partial charge in [-0.1, -0.05) is 12.1 Å². The molecular formula is C29H26N2O8. The summed E-state index contributed by atoms with van der Waals surface area (Å²) < 4.78 is 0. The van der Waals surface area contributed by atoms with E-state index in [9.17, 15) is 34.8 Å². The predicted molar refractivity (Wildman–Crippen MR) is 142 cm³/mol. The normalized spacial score (nSPS) is 23.2. The topological polar surface area (TPSA) is 191 Å². The second-order valence-corrected chi connectivity index (χ2v) is 10.0. The van der Waals surface area contributed by atoms with Crippen LogP contribution in [0, 0.1) is 19.8 Å². The van der Waals surface area contributed by atoms with Crippen molar-refractivity contribution in [2.75, 3.05) is 0 Å². The molecule has 0 bridgehead atoms. The molecule has 2 aliphatic carbocycles. The number of ketones is 2. The van der Waals surface area contributed by atoms with E-state index in [0.29, 0.717) is 22.1 Å². The summed E-state index contributed by atoms with van der Waals surface area (Å²) in [5.41, 5.74) is 4.60. The number of aromatic carboxylic acids is 1. The summed E-state index contributed by atoms with van der Waals surface area (Å²) in [6, 6.07) is 7.42. The SMILES string of the molecule is CC(=Nc1ccc(C(=O)O)cc1)C1=C(O)[C@@]2(O)C(=O)c3c(c(C)c4ccc(C)c(O)c4c3O)C[C@H]2[C@@H](N)C1=O. The zero-order chi connectivity index (χ0) is 28.5. The Hall–Kier alpha value is -4.54. The summed E-state index contributed by atoms with van der Waals surface area (Å²) in [4.78, 5) is 42.7. The van der Waals surface area contributed by atoms with Gasteiger partial charge >= 0.3 is 5.97 Å². The van der Waals surface area contributed by atoms with Crippen molar-refractivity contribution in [3.8, 4) is 11.5 Å². The van der Waals surface area contributed by atoms with Crippen LogP contribution >= 0.6 is 0 Å². The molecule has 200 valence electrons. The van der Waals surface area contributed by atoms with Crippen molar-refractivity contribution < 1.29 is 39.9 Å². The largest absolute Gasteiger partial charge is 0.508 e. The maximum atomic E-state index is 13.9. The molecule has 0 saturated heterocycles. The van der Waals surface area contributed by atoms with Crippen LogP contribution in [0.1, 0.15) is 44.3 Å². The van der Waals surface area contributed by atoms with Crippen molar-refractivity contribution in [2.24, 2.45) is 16.6 Å². The number of nitrogens with zero attached hydrogens (tertiary/aromatic N) is 1. The number of carboxylic acid groups (broad SMARTS) is 1. The van der Waals surface area contributed by atoms with E-state index in [4.69, 9.17) is 10.8 Å². The fourth-order valence-electron chi connectivity index (χ4n) is 5.70. The first-order chi connectivity index (χ1) is 18.3. The van der Waals surface area contributed by atoms with Gasteiger partial charge in [0.25, 0.3) is 0 Å². The number of rotatable bonds is 3. The summed E-state index contributed by atoms with van der Waals surface area (Å²) >= 11 is 0. The quantitative estimate of drug-likeness (QED) is 0.276. The Morgan fingerprint density at radius 1 is 1.03 bits per heavy atom. The van der Waals surface area contributed by atoms with Crippen LogP contribution in [0.4, 0.5) is 5.69 Å². The van der Waals surface area contributed by atoms with Gasteiger partial charge in [-0.15, -0.1) is 0 Å². The second-order valence-electron chi connectivity index (χ2n) is 10.0. The number of phenolic OH excluding ortho intramolecular Hbond substituents is 2. The fraction of sp³-hybridized carbons (Fsp3) is 0.241. The third-order valence-electron chi connectivity index (χ3n) is 7.90. The summed E-state index contributed by atoms with van der Waals surface area (Å²) in [5, 5.41) is 54.6. The van der Waals surface area contributed by atoms with E-state index in [2.05, 4.69) is 4.99 Å². The number of aromatic hydroxyl groups is 2. The highest BCUT2D eigenvalue weighted by Crippen LogP contribution is 2.50. The van der Waals surface area contributed by atoms with Crippen LogP contribution < -0.4 is 5.73 Å². The third kappa shape index (κ3) is 3.56. The first-order valence-corrected chi connectivity index (χ1v) is 12.2. The Labute approximate surface area is 222 Å². The molecule has 5 rings (SSSR count). The molecule has 3 aromatic carbocycles. The molecular weight excluding hydrogens is 504 g/mol. The van der Waals surface area contributed by atoms with Crippen LogP contribution in [0.2, 0.25) is 0 Å². The maximum Gasteiger partial charge on any atom is 0.335 e. The highest BCUT2D eigenvalue weighted by atomic mass is 16.4. The van der Waals surface area contributed by atoms with Crippen molar-refractivity contribution in [3.05, 3.63) is 75.5 Å². The Bertz CT molecular complexity index is 1690. The number of fused-ring (bicyclic) bond motifs is 3. The number of carbonyl (C=O) groups is 3. The minimum absolute atomic E-state index is 0.0249. The maximum absolute atomic E-state index is 13.9. The first-order valence-electron chi connectivity index (χ1n) is 12.2. The summed E-state index contributed by atoms with van der Waals surface area (Å²) in [6.45, 7) is 4.73. The molecule has 0 unspecified atom stereocenters. The number of hydrogen-bond donors (Lipinski definition) is 6. The lowest BCUT2D eigenvalue weighted by molar-refractivity contribution is -0.122. The molecule has 0 aromatic heterocycles. The molecule has 3 aromatic rings. The average molecular weight is 531 g/mol. The molecule has 2 aliphatic rings. The second kappa shape index (κ2) is 8.75. The highest BCUT2D eigenvalue weighted by Gasteiger charge is 2.60. The molecule has 0 radical (unpaired) electrons. The number of phenols is 2. The first kappa shape index (κ1) is 26.1. The van der Waals surface area contributed by atoms with Crippen LogP contribution in [0.5, 0.6) is 11.5 Å². The van der Waals surface area contributed by atoms with Gasteiger partial charge in [-0.25, -0.2) is 4.79 Å². The van der Waals surface area contributed by atoms with E-state index in [1.165, 1.54) is 31.2 Å². The zero-order valence-corrected chi connectivity index (χ0v) is 21.3. The fourth-order valence-corrected chi connectivity index (χ4v) is 5.70. The lowest BCUT2D eigenvalue weighted by Gasteiger charge is -2.45. The van der Waals surface area contributed by atoms with E-state index in [0.717, 1.165) is 0 Å². The standard InChI is InChI=1S/C29H26N2O8/c1-11-4-9-16-12(2)17-10-18-22(30)25(34)19(13(3)31-15-7-5-14(6-8-15)28(37)38)26(35)29(18,39)27(36)21(17)24(33)20(16)23(11)32/h4-9,18,22,32-33,35,39H,10,30H2,1-3H3,(H,37,38)/t18-,22+,29+/m0/s1. The Morgan fingerprint density at radius 2 is 1.67 bits per heavy atom. The van der Waals surface area contributed by atoms with Crippen LogP contribution in [-0.4, -0.2) is 60.4 Å². The number of benzene rings is 3. The smallest absolute Gasteiger partial charge is 0.335 e. The summed E-state index contributed by atoms with van der Waals surface area (Å²) in [6.07, 6.45) is -0.0986. The Balaban J connectivity index is 1.70. The van der Waals surface area contributed by atoms with E-state index >= 15 is 0 Å². The average Bonchev–Trinajstić information content (AvgIpc) is 2.89.